The number of carbonyl (C=O) groups excluding carboxylic acids is 2. The van der Waals surface area contributed by atoms with Crippen LogP contribution in [0.25, 0.3) is 0 Å². The zero-order valence-corrected chi connectivity index (χ0v) is 9.81. The predicted molar refractivity (Wildman–Crippen MR) is 63.3 cm³/mol. The minimum atomic E-state index is -1.08. The number of hydrogen-bond donors (Lipinski definition) is 3. The van der Waals surface area contributed by atoms with E-state index >= 15 is 0 Å². The molecule has 0 bridgehead atoms. The van der Waals surface area contributed by atoms with E-state index in [0.29, 0.717) is 5.56 Å². The van der Waals surface area contributed by atoms with Crippen LogP contribution in [-0.2, 0) is 4.79 Å². The maximum atomic E-state index is 11.9. The first-order valence-electron chi connectivity index (χ1n) is 5.27. The van der Waals surface area contributed by atoms with E-state index in [2.05, 4.69) is 5.32 Å². The van der Waals surface area contributed by atoms with Crippen LogP contribution in [0.5, 0.6) is 0 Å². The van der Waals surface area contributed by atoms with Gasteiger partial charge in [0.15, 0.2) is 0 Å². The van der Waals surface area contributed by atoms with Crippen molar-refractivity contribution in [3.8, 4) is 0 Å². The highest BCUT2D eigenvalue weighted by molar-refractivity contribution is 5.98. The summed E-state index contributed by atoms with van der Waals surface area (Å²) in [5.74, 6) is -1.19. The van der Waals surface area contributed by atoms with Crippen LogP contribution in [0, 0.1) is 6.92 Å². The summed E-state index contributed by atoms with van der Waals surface area (Å²) in [4.78, 5) is 22.9. The van der Waals surface area contributed by atoms with Gasteiger partial charge in [0.05, 0.1) is 6.10 Å². The third-order valence-electron chi connectivity index (χ3n) is 2.47. The second kappa shape index (κ2) is 5.45. The number of nitrogens with one attached hydrogen (secondary N) is 1. The molecule has 0 aliphatic carbocycles. The molecule has 5 nitrogen and oxygen atoms in total. The van der Waals surface area contributed by atoms with Crippen molar-refractivity contribution in [2.24, 2.45) is 5.73 Å². The normalized spacial score (nSPS) is 13.8. The first-order chi connectivity index (χ1) is 7.93. The maximum absolute atomic E-state index is 11.9. The van der Waals surface area contributed by atoms with Gasteiger partial charge in [0.1, 0.15) is 6.04 Å². The Morgan fingerprint density at radius 2 is 1.94 bits per heavy atom. The number of nitrogens with two attached hydrogens (primary N) is 1. The lowest BCUT2D eigenvalue weighted by Gasteiger charge is -2.18. The molecule has 1 aromatic carbocycles. The first kappa shape index (κ1) is 13.2. The van der Waals surface area contributed by atoms with Gasteiger partial charge < -0.3 is 16.2 Å². The van der Waals surface area contributed by atoms with Crippen LogP contribution in [0.3, 0.4) is 0 Å². The highest BCUT2D eigenvalue weighted by atomic mass is 16.3. The molecule has 0 unspecified atom stereocenters. The number of hydrogen-bond acceptors (Lipinski definition) is 3. The summed E-state index contributed by atoms with van der Waals surface area (Å²) in [5.41, 5.74) is 6.34. The molecule has 2 atom stereocenters. The van der Waals surface area contributed by atoms with Crippen LogP contribution in [0.4, 0.5) is 0 Å². The largest absolute Gasteiger partial charge is 0.391 e. The summed E-state index contributed by atoms with van der Waals surface area (Å²) in [7, 11) is 0. The topological polar surface area (TPSA) is 92.4 Å². The van der Waals surface area contributed by atoms with Gasteiger partial charge in [-0.2, -0.15) is 0 Å². The molecular weight excluding hydrogens is 220 g/mol. The van der Waals surface area contributed by atoms with Crippen LogP contribution in [0.15, 0.2) is 24.3 Å². The minimum Gasteiger partial charge on any atom is -0.391 e. The number of benzene rings is 1. The van der Waals surface area contributed by atoms with Gasteiger partial charge in [-0.05, 0) is 25.5 Å². The molecular formula is C12H16N2O3. The Morgan fingerprint density at radius 3 is 2.41 bits per heavy atom. The van der Waals surface area contributed by atoms with Gasteiger partial charge in [0.2, 0.25) is 5.91 Å². The fourth-order valence-corrected chi connectivity index (χ4v) is 1.48. The highest BCUT2D eigenvalue weighted by Gasteiger charge is 2.23. The summed E-state index contributed by atoms with van der Waals surface area (Å²) >= 11 is 0. The van der Waals surface area contributed by atoms with Gasteiger partial charge in [-0.1, -0.05) is 18.2 Å². The summed E-state index contributed by atoms with van der Waals surface area (Å²) in [5, 5.41) is 11.7. The minimum absolute atomic E-state index is 0.423. The maximum Gasteiger partial charge on any atom is 0.252 e. The quantitative estimate of drug-likeness (QED) is 0.684. The molecule has 1 aromatic rings. The van der Waals surface area contributed by atoms with E-state index in [1.54, 1.807) is 25.1 Å². The van der Waals surface area contributed by atoms with Crippen LogP contribution in [-0.4, -0.2) is 29.1 Å². The Balaban J connectivity index is 2.85. The van der Waals surface area contributed by atoms with E-state index in [0.717, 1.165) is 5.56 Å². The van der Waals surface area contributed by atoms with Crippen molar-refractivity contribution in [3.05, 3.63) is 35.4 Å². The summed E-state index contributed by atoms with van der Waals surface area (Å²) in [6.45, 7) is 3.18. The number of primary amides is 1. The lowest BCUT2D eigenvalue weighted by atomic mass is 10.1. The molecule has 0 radical (unpaired) electrons. The molecule has 0 saturated carbocycles. The van der Waals surface area contributed by atoms with E-state index in [1.165, 1.54) is 6.92 Å². The number of carbonyl (C=O) groups is 2. The van der Waals surface area contributed by atoms with Gasteiger partial charge >= 0.3 is 0 Å². The standard InChI is InChI=1S/C12H16N2O3/c1-7-5-3-4-6-9(7)12(17)14-10(8(2)15)11(13)16/h3-6,8,10,15H,1-2H3,(H2,13,16)(H,14,17)/t8-,10+/m1/s1. The fraction of sp³-hybridized carbons (Fsp3) is 0.333. The number of aliphatic hydroxyl groups excluding tert-OH is 1. The van der Waals surface area contributed by atoms with Gasteiger partial charge in [-0.25, -0.2) is 0 Å². The zero-order valence-electron chi connectivity index (χ0n) is 9.81. The molecule has 0 aliphatic heterocycles. The van der Waals surface area contributed by atoms with E-state index in [1.807, 2.05) is 6.07 Å². The second-order valence-electron chi connectivity index (χ2n) is 3.91. The van der Waals surface area contributed by atoms with Crippen LogP contribution in [0.1, 0.15) is 22.8 Å². The van der Waals surface area contributed by atoms with Gasteiger partial charge in [0, 0.05) is 5.56 Å². The lowest BCUT2D eigenvalue weighted by Crippen LogP contribution is -2.50. The zero-order chi connectivity index (χ0) is 13.0. The Kier molecular flexibility index (Phi) is 4.23. The number of aliphatic hydroxyl groups is 1. The lowest BCUT2D eigenvalue weighted by molar-refractivity contribution is -0.122. The van der Waals surface area contributed by atoms with Gasteiger partial charge in [-0.3, -0.25) is 9.59 Å². The summed E-state index contributed by atoms with van der Waals surface area (Å²) in [6.07, 6.45) is -1.03. The van der Waals surface area contributed by atoms with Crippen molar-refractivity contribution in [3.63, 3.8) is 0 Å². The van der Waals surface area contributed by atoms with Crippen molar-refractivity contribution in [2.75, 3.05) is 0 Å². The second-order valence-corrected chi connectivity index (χ2v) is 3.91. The van der Waals surface area contributed by atoms with Crippen molar-refractivity contribution >= 4 is 11.8 Å². The fourth-order valence-electron chi connectivity index (χ4n) is 1.48. The van der Waals surface area contributed by atoms with Crippen molar-refractivity contribution in [1.29, 1.82) is 0 Å². The van der Waals surface area contributed by atoms with Crippen molar-refractivity contribution in [1.82, 2.24) is 5.32 Å². The highest BCUT2D eigenvalue weighted by Crippen LogP contribution is 2.07. The Hall–Kier alpha value is -1.88. The average molecular weight is 236 g/mol. The third-order valence-corrected chi connectivity index (χ3v) is 2.47. The molecule has 0 saturated heterocycles. The molecule has 0 heterocycles. The Labute approximate surface area is 99.6 Å². The van der Waals surface area contributed by atoms with Crippen molar-refractivity contribution < 1.29 is 14.7 Å². The van der Waals surface area contributed by atoms with Crippen LogP contribution < -0.4 is 11.1 Å². The van der Waals surface area contributed by atoms with E-state index < -0.39 is 24.0 Å². The average Bonchev–Trinajstić information content (AvgIpc) is 2.25. The molecule has 2 amide bonds. The molecule has 0 fully saturated rings. The van der Waals surface area contributed by atoms with E-state index in [-0.39, 0.29) is 0 Å². The predicted octanol–water partition coefficient (Wildman–Crippen LogP) is -0.0405. The van der Waals surface area contributed by atoms with Crippen LogP contribution in [0.2, 0.25) is 0 Å². The molecule has 1 rings (SSSR count). The summed E-state index contributed by atoms with van der Waals surface area (Å²) < 4.78 is 0. The van der Waals surface area contributed by atoms with E-state index in [4.69, 9.17) is 5.73 Å². The third kappa shape index (κ3) is 3.29. The molecule has 5 heteroatoms. The molecule has 4 N–H and O–H groups in total. The van der Waals surface area contributed by atoms with Crippen molar-refractivity contribution in [2.45, 2.75) is 26.0 Å². The summed E-state index contributed by atoms with van der Waals surface area (Å²) in [6, 6.07) is 5.89. The smallest absolute Gasteiger partial charge is 0.252 e. The molecule has 0 spiro atoms. The van der Waals surface area contributed by atoms with Crippen LogP contribution >= 0.6 is 0 Å². The monoisotopic (exact) mass is 236 g/mol. The van der Waals surface area contributed by atoms with E-state index in [9.17, 15) is 14.7 Å². The molecule has 0 aliphatic rings. The SMILES string of the molecule is Cc1ccccc1C(=O)N[C@H](C(N)=O)[C@@H](C)O. The number of amides is 2. The van der Waals surface area contributed by atoms with Gasteiger partial charge in [0.25, 0.3) is 5.91 Å². The molecule has 0 aromatic heterocycles. The number of rotatable bonds is 4. The number of aryl methyl sites for hydroxylation is 1. The van der Waals surface area contributed by atoms with Gasteiger partial charge in [-0.15, -0.1) is 0 Å². The molecule has 17 heavy (non-hydrogen) atoms. The Morgan fingerprint density at radius 1 is 1.35 bits per heavy atom. The first-order valence-corrected chi connectivity index (χ1v) is 5.27. The molecule has 92 valence electrons. The Bertz CT molecular complexity index is 430.